The van der Waals surface area contributed by atoms with Crippen LogP contribution in [0.3, 0.4) is 0 Å². The molecule has 3 nitrogen and oxygen atoms in total. The minimum absolute atomic E-state index is 0.201. The fourth-order valence-electron chi connectivity index (χ4n) is 3.09. The number of fused-ring (bicyclic) bond motifs is 2. The fraction of sp³-hybridized carbons (Fsp3) is 0.238. The summed E-state index contributed by atoms with van der Waals surface area (Å²) in [5.74, 6) is -0.589. The van der Waals surface area contributed by atoms with Gasteiger partial charge in [0.1, 0.15) is 16.9 Å². The van der Waals surface area contributed by atoms with Gasteiger partial charge >= 0.3 is 0 Å². The van der Waals surface area contributed by atoms with Crippen LogP contribution >= 0.6 is 0 Å². The number of nitrogens with zero attached hydrogens (tertiary/aromatic N) is 2. The predicted octanol–water partition coefficient (Wildman–Crippen LogP) is 4.91. The van der Waals surface area contributed by atoms with Crippen LogP contribution in [0.5, 0.6) is 5.75 Å². The number of para-hydroxylation sites is 2. The third kappa shape index (κ3) is 2.73. The number of halogens is 2. The Morgan fingerprint density at radius 3 is 2.69 bits per heavy atom. The molecule has 0 bridgehead atoms. The Labute approximate surface area is 150 Å². The van der Waals surface area contributed by atoms with Gasteiger partial charge in [0.05, 0.1) is 12.3 Å². The molecular formula is C21H18F2N2O. The van der Waals surface area contributed by atoms with E-state index in [1.165, 1.54) is 12.1 Å². The standard InChI is InChI=1S/C21H18F2N2O/c1-3-21(2)12-25-18(15-7-5-9-17(23)20(15)26-21)14-10-13-6-4-8-16(22)19(13)24-11-14/h4-11H,3,12H2,1-2H3. The van der Waals surface area contributed by atoms with Crippen molar-refractivity contribution < 1.29 is 13.5 Å². The maximum Gasteiger partial charge on any atom is 0.165 e. The van der Waals surface area contributed by atoms with E-state index in [0.717, 1.165) is 0 Å². The Balaban J connectivity index is 1.92. The van der Waals surface area contributed by atoms with Gasteiger partial charge in [-0.1, -0.05) is 25.1 Å². The lowest BCUT2D eigenvalue weighted by atomic mass is 10.0. The first kappa shape index (κ1) is 16.6. The molecule has 1 aliphatic rings. The zero-order valence-electron chi connectivity index (χ0n) is 14.6. The van der Waals surface area contributed by atoms with Gasteiger partial charge in [0.25, 0.3) is 0 Å². The van der Waals surface area contributed by atoms with E-state index in [2.05, 4.69) is 4.98 Å². The van der Waals surface area contributed by atoms with Crippen LogP contribution in [0.15, 0.2) is 53.7 Å². The highest BCUT2D eigenvalue weighted by Crippen LogP contribution is 2.33. The number of ether oxygens (including phenoxy) is 1. The van der Waals surface area contributed by atoms with Crippen molar-refractivity contribution in [1.82, 2.24) is 4.98 Å². The van der Waals surface area contributed by atoms with E-state index in [9.17, 15) is 8.78 Å². The molecule has 0 aliphatic carbocycles. The van der Waals surface area contributed by atoms with Crippen molar-refractivity contribution >= 4 is 16.6 Å². The molecule has 26 heavy (non-hydrogen) atoms. The molecule has 0 saturated carbocycles. The normalized spacial score (nSPS) is 19.5. The zero-order chi connectivity index (χ0) is 18.3. The maximum atomic E-state index is 14.5. The molecule has 2 aromatic carbocycles. The van der Waals surface area contributed by atoms with E-state index in [-0.39, 0.29) is 11.6 Å². The van der Waals surface area contributed by atoms with Gasteiger partial charge in [0, 0.05) is 22.7 Å². The largest absolute Gasteiger partial charge is 0.482 e. The molecule has 1 aromatic heterocycles. The van der Waals surface area contributed by atoms with Gasteiger partial charge in [0.15, 0.2) is 11.6 Å². The van der Waals surface area contributed by atoms with Gasteiger partial charge in [-0.3, -0.25) is 9.98 Å². The van der Waals surface area contributed by atoms with E-state index in [1.807, 2.05) is 19.9 Å². The van der Waals surface area contributed by atoms with E-state index in [4.69, 9.17) is 9.73 Å². The quantitative estimate of drug-likeness (QED) is 0.657. The SMILES string of the molecule is CCC1(C)CN=C(c2cnc3c(F)cccc3c2)c2cccc(F)c2O1. The second-order valence-corrected chi connectivity index (χ2v) is 6.72. The number of hydrogen-bond acceptors (Lipinski definition) is 3. The van der Waals surface area contributed by atoms with Crippen LogP contribution in [-0.4, -0.2) is 22.8 Å². The molecule has 1 unspecified atom stereocenters. The summed E-state index contributed by atoms with van der Waals surface area (Å²) in [6.45, 7) is 4.30. The minimum atomic E-state index is -0.588. The van der Waals surface area contributed by atoms with Crippen LogP contribution in [0.4, 0.5) is 8.78 Å². The van der Waals surface area contributed by atoms with E-state index in [0.29, 0.717) is 40.7 Å². The summed E-state index contributed by atoms with van der Waals surface area (Å²) in [7, 11) is 0. The van der Waals surface area contributed by atoms with Gasteiger partial charge < -0.3 is 4.74 Å². The van der Waals surface area contributed by atoms with E-state index in [1.54, 1.807) is 30.5 Å². The molecule has 0 amide bonds. The molecule has 5 heteroatoms. The summed E-state index contributed by atoms with van der Waals surface area (Å²) in [6.07, 6.45) is 2.27. The summed E-state index contributed by atoms with van der Waals surface area (Å²) < 4.78 is 34.4. The van der Waals surface area contributed by atoms with Crippen LogP contribution in [0.1, 0.15) is 31.4 Å². The summed E-state index contributed by atoms with van der Waals surface area (Å²) in [6, 6.07) is 11.4. The summed E-state index contributed by atoms with van der Waals surface area (Å²) >= 11 is 0. The Morgan fingerprint density at radius 1 is 1.12 bits per heavy atom. The zero-order valence-corrected chi connectivity index (χ0v) is 14.6. The predicted molar refractivity (Wildman–Crippen MR) is 97.9 cm³/mol. The van der Waals surface area contributed by atoms with Gasteiger partial charge in [-0.25, -0.2) is 8.78 Å². The number of aliphatic imine (C=N–C) groups is 1. The van der Waals surface area contributed by atoms with Crippen LogP contribution in [0, 0.1) is 11.6 Å². The Morgan fingerprint density at radius 2 is 1.88 bits per heavy atom. The lowest BCUT2D eigenvalue weighted by Crippen LogP contribution is -2.34. The van der Waals surface area contributed by atoms with Crippen LogP contribution in [-0.2, 0) is 0 Å². The summed E-state index contributed by atoms with van der Waals surface area (Å²) in [5.41, 5.74) is 1.61. The lowest BCUT2D eigenvalue weighted by Gasteiger charge is -2.27. The van der Waals surface area contributed by atoms with Gasteiger partial charge in [-0.2, -0.15) is 0 Å². The Kier molecular flexibility index (Phi) is 3.94. The van der Waals surface area contributed by atoms with Crippen LogP contribution in [0.25, 0.3) is 10.9 Å². The second-order valence-electron chi connectivity index (χ2n) is 6.72. The van der Waals surface area contributed by atoms with Crippen molar-refractivity contribution in [2.75, 3.05) is 6.54 Å². The Hall–Kier alpha value is -2.82. The molecule has 1 aliphatic heterocycles. The third-order valence-corrected chi connectivity index (χ3v) is 4.83. The molecule has 0 spiro atoms. The second kappa shape index (κ2) is 6.16. The molecule has 0 fully saturated rings. The molecule has 3 aromatic rings. The number of pyridine rings is 1. The topological polar surface area (TPSA) is 34.5 Å². The molecule has 0 radical (unpaired) electrons. The maximum absolute atomic E-state index is 14.5. The number of rotatable bonds is 2. The first-order chi connectivity index (χ1) is 12.5. The summed E-state index contributed by atoms with van der Waals surface area (Å²) in [5, 5.41) is 0.673. The highest BCUT2D eigenvalue weighted by Gasteiger charge is 2.31. The fourth-order valence-corrected chi connectivity index (χ4v) is 3.09. The first-order valence-electron chi connectivity index (χ1n) is 8.58. The smallest absolute Gasteiger partial charge is 0.165 e. The lowest BCUT2D eigenvalue weighted by molar-refractivity contribution is 0.0905. The van der Waals surface area contributed by atoms with E-state index >= 15 is 0 Å². The van der Waals surface area contributed by atoms with Crippen molar-refractivity contribution in [1.29, 1.82) is 0 Å². The highest BCUT2D eigenvalue weighted by atomic mass is 19.1. The summed E-state index contributed by atoms with van der Waals surface area (Å²) in [4.78, 5) is 8.97. The van der Waals surface area contributed by atoms with Gasteiger partial charge in [-0.15, -0.1) is 0 Å². The molecule has 4 rings (SSSR count). The van der Waals surface area contributed by atoms with Crippen LogP contribution < -0.4 is 4.74 Å². The van der Waals surface area contributed by atoms with E-state index < -0.39 is 11.4 Å². The number of hydrogen-bond donors (Lipinski definition) is 0. The molecule has 2 heterocycles. The number of aromatic nitrogens is 1. The van der Waals surface area contributed by atoms with Gasteiger partial charge in [0.2, 0.25) is 0 Å². The monoisotopic (exact) mass is 352 g/mol. The average molecular weight is 352 g/mol. The molecule has 0 N–H and O–H groups in total. The van der Waals surface area contributed by atoms with Gasteiger partial charge in [-0.05, 0) is 37.6 Å². The third-order valence-electron chi connectivity index (χ3n) is 4.83. The first-order valence-corrected chi connectivity index (χ1v) is 8.58. The molecule has 0 saturated heterocycles. The highest BCUT2D eigenvalue weighted by molar-refractivity contribution is 6.15. The molecular weight excluding hydrogens is 334 g/mol. The van der Waals surface area contributed by atoms with Crippen molar-refractivity contribution in [2.45, 2.75) is 25.9 Å². The Bertz CT molecular complexity index is 1030. The average Bonchev–Trinajstić information content (AvgIpc) is 2.80. The van der Waals surface area contributed by atoms with Crippen molar-refractivity contribution in [3.63, 3.8) is 0 Å². The number of benzene rings is 2. The van der Waals surface area contributed by atoms with Crippen molar-refractivity contribution in [2.24, 2.45) is 4.99 Å². The van der Waals surface area contributed by atoms with Crippen molar-refractivity contribution in [3.8, 4) is 5.75 Å². The molecule has 132 valence electrons. The molecule has 1 atom stereocenters. The minimum Gasteiger partial charge on any atom is -0.482 e. The van der Waals surface area contributed by atoms with Crippen LogP contribution in [0.2, 0.25) is 0 Å². The van der Waals surface area contributed by atoms with Crippen molar-refractivity contribution in [3.05, 3.63) is 71.4 Å².